The van der Waals surface area contributed by atoms with Gasteiger partial charge < -0.3 is 0 Å². The van der Waals surface area contributed by atoms with Gasteiger partial charge in [0, 0.05) is 10.9 Å². The summed E-state index contributed by atoms with van der Waals surface area (Å²) in [5, 5.41) is 1.79. The van der Waals surface area contributed by atoms with E-state index in [0.29, 0.717) is 10.1 Å². The topological polar surface area (TPSA) is 17.1 Å². The minimum Gasteiger partial charge on any atom is -0.293 e. The number of hydrogen-bond acceptors (Lipinski definition) is 3. The minimum atomic E-state index is 0.153. The van der Waals surface area contributed by atoms with Gasteiger partial charge in [-0.05, 0) is 12.3 Å². The Morgan fingerprint density at radius 1 is 1.82 bits per heavy atom. The van der Waals surface area contributed by atoms with Crippen LogP contribution in [0.5, 0.6) is 0 Å². The monoisotopic (exact) mass is 206 g/mol. The molecule has 1 aromatic heterocycles. The molecule has 11 heavy (non-hydrogen) atoms. The molecule has 0 fully saturated rings. The molecule has 0 unspecified atom stereocenters. The van der Waals surface area contributed by atoms with Crippen LogP contribution in [0.3, 0.4) is 0 Å². The average molecular weight is 207 g/mol. The highest BCUT2D eigenvalue weighted by Gasteiger charge is 2.06. The van der Waals surface area contributed by atoms with E-state index in [1.165, 1.54) is 23.1 Å². The van der Waals surface area contributed by atoms with Gasteiger partial charge in [-0.15, -0.1) is 11.3 Å². The average Bonchev–Trinajstić information content (AvgIpc) is 2.36. The molecule has 1 aromatic rings. The number of Topliss-reactive ketones (excluding diaryl/α,β-unsaturated/α-hetero) is 1. The standard InChI is InChI=1S/C7H7ClOS2/c1-10-4-6(9)5-2-7(8)11-3-5/h2-3H,4H2,1H3. The fraction of sp³-hybridized carbons (Fsp3) is 0.286. The van der Waals surface area contributed by atoms with Crippen LogP contribution in [0.1, 0.15) is 10.4 Å². The zero-order chi connectivity index (χ0) is 8.27. The van der Waals surface area contributed by atoms with E-state index in [9.17, 15) is 4.79 Å². The van der Waals surface area contributed by atoms with Gasteiger partial charge in [0.25, 0.3) is 0 Å². The number of thioether (sulfide) groups is 1. The molecule has 0 aliphatic carbocycles. The van der Waals surface area contributed by atoms with Gasteiger partial charge >= 0.3 is 0 Å². The molecule has 0 spiro atoms. The molecule has 0 aliphatic rings. The molecular formula is C7H7ClOS2. The van der Waals surface area contributed by atoms with E-state index < -0.39 is 0 Å². The molecule has 0 atom stereocenters. The molecule has 1 heterocycles. The number of rotatable bonds is 3. The predicted octanol–water partition coefficient (Wildman–Crippen LogP) is 2.95. The van der Waals surface area contributed by atoms with Crippen LogP contribution in [0.15, 0.2) is 11.4 Å². The summed E-state index contributed by atoms with van der Waals surface area (Å²) in [5.74, 6) is 0.688. The van der Waals surface area contributed by atoms with Crippen LogP contribution in [-0.4, -0.2) is 17.8 Å². The lowest BCUT2D eigenvalue weighted by molar-refractivity contribution is 0.102. The number of hydrogen-bond donors (Lipinski definition) is 0. The van der Waals surface area contributed by atoms with Gasteiger partial charge in [-0.25, -0.2) is 0 Å². The van der Waals surface area contributed by atoms with Gasteiger partial charge in [0.2, 0.25) is 0 Å². The minimum absolute atomic E-state index is 0.153. The third-order valence-electron chi connectivity index (χ3n) is 1.16. The van der Waals surface area contributed by atoms with Gasteiger partial charge in [0.05, 0.1) is 10.1 Å². The Bertz CT molecular complexity index is 257. The quantitative estimate of drug-likeness (QED) is 0.708. The highest BCUT2D eigenvalue weighted by atomic mass is 35.5. The lowest BCUT2D eigenvalue weighted by Gasteiger charge is -1.91. The summed E-state index contributed by atoms with van der Waals surface area (Å²) in [6, 6.07) is 1.71. The molecule has 0 bridgehead atoms. The van der Waals surface area contributed by atoms with Gasteiger partial charge in [0.15, 0.2) is 5.78 Å². The molecule has 60 valence electrons. The molecule has 0 saturated carbocycles. The summed E-state index contributed by atoms with van der Waals surface area (Å²) in [5.41, 5.74) is 0.731. The number of halogens is 1. The van der Waals surface area contributed by atoms with Crippen molar-refractivity contribution in [2.24, 2.45) is 0 Å². The van der Waals surface area contributed by atoms with Crippen molar-refractivity contribution in [2.75, 3.05) is 12.0 Å². The second-order valence-electron chi connectivity index (χ2n) is 2.00. The Kier molecular flexibility index (Phi) is 3.43. The first-order valence-corrected chi connectivity index (χ1v) is 5.65. The Morgan fingerprint density at radius 3 is 3.00 bits per heavy atom. The molecule has 4 heteroatoms. The molecular weight excluding hydrogens is 200 g/mol. The maximum absolute atomic E-state index is 11.2. The molecule has 0 aliphatic heterocycles. The van der Waals surface area contributed by atoms with E-state index in [2.05, 4.69) is 0 Å². The summed E-state index contributed by atoms with van der Waals surface area (Å²) in [7, 11) is 0. The Balaban J connectivity index is 2.69. The van der Waals surface area contributed by atoms with Crippen molar-refractivity contribution >= 4 is 40.5 Å². The van der Waals surface area contributed by atoms with Crippen LogP contribution in [0.4, 0.5) is 0 Å². The first-order chi connectivity index (χ1) is 5.24. The van der Waals surface area contributed by atoms with E-state index in [4.69, 9.17) is 11.6 Å². The first kappa shape index (κ1) is 9.10. The zero-order valence-corrected chi connectivity index (χ0v) is 8.35. The van der Waals surface area contributed by atoms with Crippen LogP contribution in [0, 0.1) is 0 Å². The van der Waals surface area contributed by atoms with E-state index in [1.807, 2.05) is 6.26 Å². The summed E-state index contributed by atoms with van der Waals surface area (Å²) in [6.07, 6.45) is 1.91. The predicted molar refractivity (Wildman–Crippen MR) is 52.0 cm³/mol. The maximum atomic E-state index is 11.2. The molecule has 0 N–H and O–H groups in total. The number of carbonyl (C=O) groups is 1. The highest BCUT2D eigenvalue weighted by Crippen LogP contribution is 2.20. The van der Waals surface area contributed by atoms with Crippen molar-refractivity contribution in [3.8, 4) is 0 Å². The van der Waals surface area contributed by atoms with Crippen molar-refractivity contribution in [3.63, 3.8) is 0 Å². The van der Waals surface area contributed by atoms with Gasteiger partial charge in [-0.1, -0.05) is 11.6 Å². The Morgan fingerprint density at radius 2 is 2.55 bits per heavy atom. The van der Waals surface area contributed by atoms with Gasteiger partial charge in [0.1, 0.15) is 0 Å². The summed E-state index contributed by atoms with van der Waals surface area (Å²) >= 11 is 8.58. The summed E-state index contributed by atoms with van der Waals surface area (Å²) in [6.45, 7) is 0. The van der Waals surface area contributed by atoms with E-state index in [-0.39, 0.29) is 5.78 Å². The second-order valence-corrected chi connectivity index (χ2v) is 4.40. The SMILES string of the molecule is CSCC(=O)c1csc(Cl)c1. The van der Waals surface area contributed by atoms with Crippen LogP contribution in [0.2, 0.25) is 4.34 Å². The van der Waals surface area contributed by atoms with Crippen LogP contribution in [-0.2, 0) is 0 Å². The zero-order valence-electron chi connectivity index (χ0n) is 5.96. The van der Waals surface area contributed by atoms with E-state index >= 15 is 0 Å². The number of thiophene rings is 1. The van der Waals surface area contributed by atoms with E-state index in [1.54, 1.807) is 11.4 Å². The normalized spacial score (nSPS) is 10.0. The van der Waals surface area contributed by atoms with Crippen LogP contribution in [0.25, 0.3) is 0 Å². The van der Waals surface area contributed by atoms with Crippen LogP contribution >= 0.6 is 34.7 Å². The highest BCUT2D eigenvalue weighted by molar-refractivity contribution is 7.99. The Hall–Kier alpha value is 0.01000. The molecule has 0 saturated heterocycles. The number of carbonyl (C=O) groups excluding carboxylic acids is 1. The van der Waals surface area contributed by atoms with Gasteiger partial charge in [-0.2, -0.15) is 11.8 Å². The van der Waals surface area contributed by atoms with Crippen LogP contribution < -0.4 is 0 Å². The third-order valence-corrected chi connectivity index (χ3v) is 2.81. The summed E-state index contributed by atoms with van der Waals surface area (Å²) < 4.78 is 0.675. The molecule has 1 rings (SSSR count). The van der Waals surface area contributed by atoms with Crippen molar-refractivity contribution in [3.05, 3.63) is 21.3 Å². The fourth-order valence-corrected chi connectivity index (χ4v) is 1.98. The Labute approximate surface area is 78.8 Å². The van der Waals surface area contributed by atoms with E-state index in [0.717, 1.165) is 5.56 Å². The second kappa shape index (κ2) is 4.14. The fourth-order valence-electron chi connectivity index (χ4n) is 0.671. The molecule has 1 nitrogen and oxygen atoms in total. The van der Waals surface area contributed by atoms with Crippen molar-refractivity contribution in [1.29, 1.82) is 0 Å². The van der Waals surface area contributed by atoms with Gasteiger partial charge in [-0.3, -0.25) is 4.79 Å². The first-order valence-electron chi connectivity index (χ1n) is 3.00. The third kappa shape index (κ3) is 2.51. The van der Waals surface area contributed by atoms with Crippen molar-refractivity contribution in [2.45, 2.75) is 0 Å². The lowest BCUT2D eigenvalue weighted by atomic mass is 10.2. The summed E-state index contributed by atoms with van der Waals surface area (Å²) in [4.78, 5) is 11.2. The largest absolute Gasteiger partial charge is 0.293 e. The molecule has 0 amide bonds. The molecule has 0 radical (unpaired) electrons. The molecule has 0 aromatic carbocycles. The lowest BCUT2D eigenvalue weighted by Crippen LogP contribution is -1.99. The smallest absolute Gasteiger partial charge is 0.173 e. The van der Waals surface area contributed by atoms with Crippen molar-refractivity contribution in [1.82, 2.24) is 0 Å². The van der Waals surface area contributed by atoms with Crippen molar-refractivity contribution < 1.29 is 4.79 Å². The number of ketones is 1. The maximum Gasteiger partial charge on any atom is 0.173 e.